The summed E-state index contributed by atoms with van der Waals surface area (Å²) in [6, 6.07) is 10.9. The number of pyridine rings is 1. The van der Waals surface area contributed by atoms with E-state index in [2.05, 4.69) is 25.9 Å². The van der Waals surface area contributed by atoms with Gasteiger partial charge in [-0.15, -0.1) is 0 Å². The summed E-state index contributed by atoms with van der Waals surface area (Å²) in [5.74, 6) is 0.663. The van der Waals surface area contributed by atoms with Crippen LogP contribution in [0.1, 0.15) is 24.8 Å². The standard InChI is InChI=1S/C23H29FN6O2/c1-25-23(29-18-9-11-30(15-18)21-19(24)7-3-10-26-21)27-14-16-5-2-6-17(13-16)28-22(31)20-8-4-12-32-20/h2-3,5-7,10,13,18,20H,4,8-9,11-12,14-15H2,1H3,(H,28,31)(H2,25,27,29). The quantitative estimate of drug-likeness (QED) is 0.472. The maximum Gasteiger partial charge on any atom is 0.253 e. The lowest BCUT2D eigenvalue weighted by atomic mass is 10.2. The zero-order valence-corrected chi connectivity index (χ0v) is 18.2. The fourth-order valence-corrected chi connectivity index (χ4v) is 4.02. The Balaban J connectivity index is 1.27. The molecule has 2 unspecified atom stereocenters. The molecule has 1 amide bonds. The first-order valence-corrected chi connectivity index (χ1v) is 11.0. The Morgan fingerprint density at radius 3 is 3.00 bits per heavy atom. The number of hydrogen-bond donors (Lipinski definition) is 3. The van der Waals surface area contributed by atoms with E-state index in [9.17, 15) is 9.18 Å². The third kappa shape index (κ3) is 5.53. The summed E-state index contributed by atoms with van der Waals surface area (Å²) < 4.78 is 19.5. The molecule has 0 radical (unpaired) electrons. The second-order valence-electron chi connectivity index (χ2n) is 8.00. The molecule has 2 aliphatic heterocycles. The van der Waals surface area contributed by atoms with Crippen molar-refractivity contribution in [2.75, 3.05) is 37.0 Å². The van der Waals surface area contributed by atoms with Crippen molar-refractivity contribution < 1.29 is 13.9 Å². The first-order valence-electron chi connectivity index (χ1n) is 11.0. The van der Waals surface area contributed by atoms with Crippen molar-refractivity contribution in [1.82, 2.24) is 15.6 Å². The lowest BCUT2D eigenvalue weighted by Gasteiger charge is -2.20. The molecule has 0 aliphatic carbocycles. The van der Waals surface area contributed by atoms with Crippen molar-refractivity contribution in [1.29, 1.82) is 0 Å². The number of rotatable bonds is 6. The molecule has 3 heterocycles. The number of hydrogen-bond acceptors (Lipinski definition) is 5. The molecule has 4 rings (SSSR count). The van der Waals surface area contributed by atoms with Gasteiger partial charge in [0.15, 0.2) is 17.6 Å². The van der Waals surface area contributed by atoms with Crippen molar-refractivity contribution in [3.8, 4) is 0 Å². The van der Waals surface area contributed by atoms with Crippen LogP contribution < -0.4 is 20.9 Å². The van der Waals surface area contributed by atoms with Gasteiger partial charge in [0.25, 0.3) is 5.91 Å². The second-order valence-corrected chi connectivity index (χ2v) is 8.00. The minimum atomic E-state index is -0.356. The number of anilines is 2. The third-order valence-corrected chi connectivity index (χ3v) is 5.67. The molecule has 3 N–H and O–H groups in total. The molecule has 0 spiro atoms. The number of benzene rings is 1. The minimum absolute atomic E-state index is 0.0970. The second kappa shape index (κ2) is 10.4. The van der Waals surface area contributed by atoms with E-state index in [1.54, 1.807) is 19.3 Å². The topological polar surface area (TPSA) is 90.9 Å². The molecular formula is C23H29FN6O2. The zero-order chi connectivity index (χ0) is 22.3. The van der Waals surface area contributed by atoms with Crippen LogP contribution in [-0.4, -0.2) is 55.7 Å². The van der Waals surface area contributed by atoms with Gasteiger partial charge < -0.3 is 25.6 Å². The average Bonchev–Trinajstić information content (AvgIpc) is 3.50. The van der Waals surface area contributed by atoms with Crippen LogP contribution in [-0.2, 0) is 16.1 Å². The van der Waals surface area contributed by atoms with Crippen LogP contribution in [0.15, 0.2) is 47.6 Å². The van der Waals surface area contributed by atoms with Crippen molar-refractivity contribution >= 4 is 23.4 Å². The predicted octanol–water partition coefficient (Wildman–Crippen LogP) is 2.28. The number of aliphatic imine (C=N–C) groups is 1. The molecule has 2 aliphatic rings. The number of halogens is 1. The lowest BCUT2D eigenvalue weighted by Crippen LogP contribution is -2.44. The van der Waals surface area contributed by atoms with Gasteiger partial charge >= 0.3 is 0 Å². The maximum atomic E-state index is 14.0. The number of carbonyl (C=O) groups is 1. The molecule has 2 aromatic rings. The van der Waals surface area contributed by atoms with Crippen LogP contribution in [0, 0.1) is 5.82 Å². The number of carbonyl (C=O) groups excluding carboxylic acids is 1. The van der Waals surface area contributed by atoms with Crippen LogP contribution >= 0.6 is 0 Å². The fourth-order valence-electron chi connectivity index (χ4n) is 4.02. The number of nitrogens with one attached hydrogen (secondary N) is 3. The van der Waals surface area contributed by atoms with Crippen LogP contribution in [0.4, 0.5) is 15.9 Å². The molecule has 32 heavy (non-hydrogen) atoms. The third-order valence-electron chi connectivity index (χ3n) is 5.67. The summed E-state index contributed by atoms with van der Waals surface area (Å²) in [6.07, 6.45) is 3.80. The normalized spacial score (nSPS) is 20.9. The Morgan fingerprint density at radius 2 is 2.22 bits per heavy atom. The van der Waals surface area contributed by atoms with E-state index in [0.717, 1.165) is 37.1 Å². The number of aromatic nitrogens is 1. The SMILES string of the molecule is CN=C(NCc1cccc(NC(=O)C2CCCO2)c1)NC1CCN(c2ncccc2F)C1. The number of nitrogens with zero attached hydrogens (tertiary/aromatic N) is 3. The van der Waals surface area contributed by atoms with Crippen LogP contribution in [0.3, 0.4) is 0 Å². The molecule has 8 nitrogen and oxygen atoms in total. The van der Waals surface area contributed by atoms with Crippen molar-refractivity contribution in [3.05, 3.63) is 54.0 Å². The smallest absolute Gasteiger partial charge is 0.253 e. The number of guanidine groups is 1. The summed E-state index contributed by atoms with van der Waals surface area (Å²) in [5.41, 5.74) is 1.76. The Morgan fingerprint density at radius 1 is 1.31 bits per heavy atom. The molecule has 1 aromatic carbocycles. The van der Waals surface area contributed by atoms with Gasteiger partial charge in [0.2, 0.25) is 0 Å². The highest BCUT2D eigenvalue weighted by Crippen LogP contribution is 2.21. The Hall–Kier alpha value is -3.20. The highest BCUT2D eigenvalue weighted by atomic mass is 19.1. The van der Waals surface area contributed by atoms with Crippen molar-refractivity contribution in [2.24, 2.45) is 4.99 Å². The summed E-state index contributed by atoms with van der Waals surface area (Å²) in [5, 5.41) is 9.64. The van der Waals surface area contributed by atoms with Gasteiger partial charge in [-0.2, -0.15) is 0 Å². The molecule has 2 atom stereocenters. The monoisotopic (exact) mass is 440 g/mol. The van der Waals surface area contributed by atoms with Crippen LogP contribution in [0.2, 0.25) is 0 Å². The van der Waals surface area contributed by atoms with E-state index in [-0.39, 0.29) is 23.9 Å². The van der Waals surface area contributed by atoms with Gasteiger partial charge in [-0.25, -0.2) is 9.37 Å². The summed E-state index contributed by atoms with van der Waals surface area (Å²) in [7, 11) is 1.72. The highest BCUT2D eigenvalue weighted by Gasteiger charge is 2.26. The first kappa shape index (κ1) is 22.0. The van der Waals surface area contributed by atoms with Gasteiger partial charge in [-0.05, 0) is 49.1 Å². The lowest BCUT2D eigenvalue weighted by molar-refractivity contribution is -0.124. The van der Waals surface area contributed by atoms with Gasteiger partial charge in [0.1, 0.15) is 6.10 Å². The van der Waals surface area contributed by atoms with Gasteiger partial charge in [0, 0.05) is 51.2 Å². The summed E-state index contributed by atoms with van der Waals surface area (Å²) >= 11 is 0. The first-order chi connectivity index (χ1) is 15.6. The Labute approximate surface area is 187 Å². The van der Waals surface area contributed by atoms with Gasteiger partial charge in [-0.1, -0.05) is 12.1 Å². The molecule has 2 saturated heterocycles. The van der Waals surface area contributed by atoms with Crippen LogP contribution in [0.5, 0.6) is 0 Å². The Bertz CT molecular complexity index is 963. The number of ether oxygens (including phenoxy) is 1. The van der Waals surface area contributed by atoms with Crippen molar-refractivity contribution in [3.63, 3.8) is 0 Å². The molecular weight excluding hydrogens is 411 g/mol. The molecule has 0 bridgehead atoms. The largest absolute Gasteiger partial charge is 0.368 e. The number of amides is 1. The predicted molar refractivity (Wildman–Crippen MR) is 122 cm³/mol. The zero-order valence-electron chi connectivity index (χ0n) is 18.2. The van der Waals surface area contributed by atoms with Crippen LogP contribution in [0.25, 0.3) is 0 Å². The summed E-state index contributed by atoms with van der Waals surface area (Å²) in [4.78, 5) is 22.7. The molecule has 2 fully saturated rings. The van der Waals surface area contributed by atoms with E-state index >= 15 is 0 Å². The van der Waals surface area contributed by atoms with E-state index in [1.165, 1.54) is 6.07 Å². The van der Waals surface area contributed by atoms with E-state index < -0.39 is 0 Å². The highest BCUT2D eigenvalue weighted by molar-refractivity contribution is 5.94. The van der Waals surface area contributed by atoms with E-state index in [4.69, 9.17) is 4.74 Å². The Kier molecular flexibility index (Phi) is 7.16. The average molecular weight is 441 g/mol. The molecule has 0 saturated carbocycles. The van der Waals surface area contributed by atoms with E-state index in [0.29, 0.717) is 31.5 Å². The van der Waals surface area contributed by atoms with E-state index in [1.807, 2.05) is 29.2 Å². The molecule has 9 heteroatoms. The van der Waals surface area contributed by atoms with Crippen molar-refractivity contribution in [2.45, 2.75) is 38.0 Å². The summed E-state index contributed by atoms with van der Waals surface area (Å²) in [6.45, 7) is 2.58. The minimum Gasteiger partial charge on any atom is -0.368 e. The van der Waals surface area contributed by atoms with Gasteiger partial charge in [0.05, 0.1) is 0 Å². The van der Waals surface area contributed by atoms with Gasteiger partial charge in [-0.3, -0.25) is 9.79 Å². The maximum absolute atomic E-state index is 14.0. The molecule has 1 aromatic heterocycles. The molecule has 170 valence electrons. The fraction of sp³-hybridized carbons (Fsp3) is 0.435.